The lowest BCUT2D eigenvalue weighted by molar-refractivity contribution is -0.119. The van der Waals surface area contributed by atoms with Gasteiger partial charge in [0.25, 0.3) is 21.8 Å². The zero-order valence-electron chi connectivity index (χ0n) is 22.2. The summed E-state index contributed by atoms with van der Waals surface area (Å²) in [4.78, 5) is 25.6. The normalized spacial score (nSPS) is 11.4. The van der Waals surface area contributed by atoms with Gasteiger partial charge in [-0.25, -0.2) is 13.8 Å². The van der Waals surface area contributed by atoms with Crippen molar-refractivity contribution in [2.75, 3.05) is 23.3 Å². The fourth-order valence-corrected chi connectivity index (χ4v) is 5.53. The number of hydrogen-bond donors (Lipinski definition) is 2. The van der Waals surface area contributed by atoms with Crippen LogP contribution in [0.15, 0.2) is 113 Å². The lowest BCUT2D eigenvalue weighted by Gasteiger charge is -2.25. The summed E-state index contributed by atoms with van der Waals surface area (Å²) in [5.41, 5.74) is 4.64. The third-order valence-electron chi connectivity index (χ3n) is 5.95. The van der Waals surface area contributed by atoms with Crippen molar-refractivity contribution >= 4 is 50.5 Å². The van der Waals surface area contributed by atoms with Gasteiger partial charge in [-0.15, -0.1) is 0 Å². The fraction of sp³-hybridized carbons (Fsp3) is 0.100. The maximum absolute atomic E-state index is 13.6. The monoisotopic (exact) mass is 590 g/mol. The summed E-state index contributed by atoms with van der Waals surface area (Å²) < 4.78 is 33.5. The summed E-state index contributed by atoms with van der Waals surface area (Å²) in [6.07, 6.45) is 0. The van der Waals surface area contributed by atoms with Crippen LogP contribution in [0.4, 0.5) is 11.4 Å². The molecule has 4 aromatic rings. The van der Waals surface area contributed by atoms with E-state index in [4.69, 9.17) is 16.3 Å². The largest absolute Gasteiger partial charge is 0.495 e. The predicted octanol–water partition coefficient (Wildman–Crippen LogP) is 5.34. The van der Waals surface area contributed by atoms with Crippen molar-refractivity contribution in [3.8, 4) is 5.75 Å². The fourth-order valence-electron chi connectivity index (χ4n) is 3.89. The zero-order valence-corrected chi connectivity index (χ0v) is 23.8. The molecule has 0 unspecified atom stereocenters. The Morgan fingerprint density at radius 3 is 2.29 bits per heavy atom. The first-order valence-corrected chi connectivity index (χ1v) is 14.2. The van der Waals surface area contributed by atoms with E-state index in [1.165, 1.54) is 19.2 Å². The molecule has 0 radical (unpaired) electrons. The number of carbonyl (C=O) groups excluding carboxylic acids is 2. The van der Waals surface area contributed by atoms with E-state index in [1.807, 2.05) is 0 Å². The highest BCUT2D eigenvalue weighted by Gasteiger charge is 2.29. The summed E-state index contributed by atoms with van der Waals surface area (Å²) in [7, 11) is -2.70. The van der Waals surface area contributed by atoms with Gasteiger partial charge in [0.15, 0.2) is 0 Å². The van der Waals surface area contributed by atoms with E-state index in [1.54, 1.807) is 97.9 Å². The molecule has 2 amide bonds. The highest BCUT2D eigenvalue weighted by molar-refractivity contribution is 7.92. The van der Waals surface area contributed by atoms with Crippen LogP contribution in [-0.4, -0.2) is 39.6 Å². The van der Waals surface area contributed by atoms with Gasteiger partial charge in [-0.05, 0) is 67.1 Å². The number of nitrogens with zero attached hydrogens (tertiary/aromatic N) is 2. The van der Waals surface area contributed by atoms with Gasteiger partial charge in [0.05, 0.1) is 23.4 Å². The number of ether oxygens (including phenoxy) is 1. The van der Waals surface area contributed by atoms with E-state index >= 15 is 0 Å². The molecule has 0 aromatic heterocycles. The lowest BCUT2D eigenvalue weighted by atomic mass is 10.1. The molecular weight excluding hydrogens is 564 g/mol. The number of sulfonamides is 1. The van der Waals surface area contributed by atoms with E-state index in [2.05, 4.69) is 15.8 Å². The van der Waals surface area contributed by atoms with E-state index in [9.17, 15) is 18.0 Å². The summed E-state index contributed by atoms with van der Waals surface area (Å²) >= 11 is 5.98. The number of carbonyl (C=O) groups is 2. The standard InChI is InChI=1S/C30H27ClN4O5S/c1-21(22-10-9-13-25(19-22)32-30(37)23-11-8-12-24(31)18-23)33-34-29(36)20-35(27-16-6-7-17-28(27)40-2)41(38,39)26-14-4-3-5-15-26/h3-19H,20H2,1-2H3,(H,32,37)(H,34,36)/b33-21-. The Hall–Kier alpha value is -4.67. The number of methoxy groups -OCH3 is 1. The summed E-state index contributed by atoms with van der Waals surface area (Å²) in [6, 6.07) is 27.9. The lowest BCUT2D eigenvalue weighted by Crippen LogP contribution is -2.40. The second-order valence-corrected chi connectivity index (χ2v) is 11.1. The van der Waals surface area contributed by atoms with Crippen LogP contribution in [0.2, 0.25) is 5.02 Å². The third kappa shape index (κ3) is 7.30. The van der Waals surface area contributed by atoms with Gasteiger partial charge >= 0.3 is 0 Å². The van der Waals surface area contributed by atoms with Crippen LogP contribution < -0.4 is 19.8 Å². The first-order chi connectivity index (χ1) is 19.7. The Labute approximate surface area is 243 Å². The molecule has 0 bridgehead atoms. The van der Waals surface area contributed by atoms with Gasteiger partial charge in [0, 0.05) is 16.3 Å². The molecule has 2 N–H and O–H groups in total. The molecule has 0 atom stereocenters. The molecule has 11 heteroatoms. The van der Waals surface area contributed by atoms with Crippen LogP contribution >= 0.6 is 11.6 Å². The molecule has 0 aliphatic carbocycles. The quantitative estimate of drug-likeness (QED) is 0.191. The van der Waals surface area contributed by atoms with Crippen LogP contribution in [0, 0.1) is 0 Å². The van der Waals surface area contributed by atoms with E-state index in [0.29, 0.717) is 27.5 Å². The van der Waals surface area contributed by atoms with E-state index in [-0.39, 0.29) is 22.2 Å². The predicted molar refractivity (Wildman–Crippen MR) is 160 cm³/mol. The molecular formula is C30H27ClN4O5S. The average Bonchev–Trinajstić information content (AvgIpc) is 2.99. The van der Waals surface area contributed by atoms with Crippen molar-refractivity contribution in [2.45, 2.75) is 11.8 Å². The van der Waals surface area contributed by atoms with Crippen LogP contribution in [0.25, 0.3) is 0 Å². The SMILES string of the molecule is COc1ccccc1N(CC(=O)N/N=C(/C)c1cccc(NC(=O)c2cccc(Cl)c2)c1)S(=O)(=O)c1ccccc1. The molecule has 9 nitrogen and oxygen atoms in total. The molecule has 41 heavy (non-hydrogen) atoms. The van der Waals surface area contributed by atoms with Crippen LogP contribution in [-0.2, 0) is 14.8 Å². The van der Waals surface area contributed by atoms with Crippen LogP contribution in [0.5, 0.6) is 5.75 Å². The number of nitrogens with one attached hydrogen (secondary N) is 2. The number of benzene rings is 4. The van der Waals surface area contributed by atoms with E-state index in [0.717, 1.165) is 4.31 Å². The topological polar surface area (TPSA) is 117 Å². The smallest absolute Gasteiger partial charge is 0.264 e. The molecule has 0 fully saturated rings. The second kappa shape index (κ2) is 13.1. The first kappa shape index (κ1) is 29.3. The maximum Gasteiger partial charge on any atom is 0.264 e. The number of halogens is 1. The summed E-state index contributed by atoms with van der Waals surface area (Å²) in [5.74, 6) is -0.708. The minimum absolute atomic E-state index is 0.0232. The minimum atomic E-state index is -4.12. The molecule has 4 aromatic carbocycles. The molecule has 0 aliphatic heterocycles. The molecule has 0 saturated carbocycles. The minimum Gasteiger partial charge on any atom is -0.495 e. The highest BCUT2D eigenvalue weighted by Crippen LogP contribution is 2.32. The van der Waals surface area contributed by atoms with Crippen molar-refractivity contribution in [2.24, 2.45) is 5.10 Å². The van der Waals surface area contributed by atoms with Gasteiger partial charge in [-0.3, -0.25) is 13.9 Å². The van der Waals surface area contributed by atoms with E-state index < -0.39 is 22.5 Å². The third-order valence-corrected chi connectivity index (χ3v) is 7.95. The van der Waals surface area contributed by atoms with Gasteiger partial charge in [0.2, 0.25) is 0 Å². The summed E-state index contributed by atoms with van der Waals surface area (Å²) in [5, 5.41) is 7.42. The first-order valence-electron chi connectivity index (χ1n) is 12.4. The Morgan fingerprint density at radius 1 is 0.878 bits per heavy atom. The number of anilines is 2. The highest BCUT2D eigenvalue weighted by atomic mass is 35.5. The number of hydrogen-bond acceptors (Lipinski definition) is 6. The molecule has 0 saturated heterocycles. The molecule has 210 valence electrons. The van der Waals surface area contributed by atoms with Crippen molar-refractivity contribution in [3.05, 3.63) is 119 Å². The average molecular weight is 591 g/mol. The van der Waals surface area contributed by atoms with Crippen LogP contribution in [0.1, 0.15) is 22.8 Å². The Balaban J connectivity index is 1.52. The number of para-hydroxylation sites is 2. The molecule has 0 aliphatic rings. The molecule has 4 rings (SSSR count). The number of hydrazone groups is 1. The number of amides is 2. The molecule has 0 heterocycles. The van der Waals surface area contributed by atoms with Gasteiger partial charge in [0.1, 0.15) is 12.3 Å². The van der Waals surface area contributed by atoms with Gasteiger partial charge in [-0.2, -0.15) is 5.10 Å². The Bertz CT molecular complexity index is 1690. The van der Waals surface area contributed by atoms with Crippen molar-refractivity contribution in [3.63, 3.8) is 0 Å². The number of rotatable bonds is 10. The van der Waals surface area contributed by atoms with Crippen molar-refractivity contribution in [1.82, 2.24) is 5.43 Å². The second-order valence-electron chi connectivity index (χ2n) is 8.77. The van der Waals surface area contributed by atoms with Crippen molar-refractivity contribution < 1.29 is 22.7 Å². The van der Waals surface area contributed by atoms with Crippen LogP contribution in [0.3, 0.4) is 0 Å². The zero-order chi connectivity index (χ0) is 29.4. The molecule has 0 spiro atoms. The van der Waals surface area contributed by atoms with Gasteiger partial charge < -0.3 is 10.1 Å². The van der Waals surface area contributed by atoms with Crippen molar-refractivity contribution in [1.29, 1.82) is 0 Å². The van der Waals surface area contributed by atoms with Gasteiger partial charge in [-0.1, -0.05) is 60.1 Å². The summed E-state index contributed by atoms with van der Waals surface area (Å²) in [6.45, 7) is 1.13. The Morgan fingerprint density at radius 2 is 1.56 bits per heavy atom. The maximum atomic E-state index is 13.6. The Kier molecular flexibility index (Phi) is 9.38.